The Morgan fingerprint density at radius 2 is 1.32 bits per heavy atom. The Hall–Kier alpha value is -1.00. The molecule has 2 heterocycles. The SMILES string of the molecule is COc1cc(OC2OC(COC3OC(CO)C(O)C(O)C3O)C(O)C(O)C2O)c(Cl)c(C)c1Cl. The van der Waals surface area contributed by atoms with Crippen LogP contribution in [0, 0.1) is 6.92 Å². The van der Waals surface area contributed by atoms with Crippen LogP contribution >= 0.6 is 23.2 Å². The molecule has 194 valence electrons. The van der Waals surface area contributed by atoms with Gasteiger partial charge in [0.2, 0.25) is 6.29 Å². The second-order valence-electron chi connectivity index (χ2n) is 7.99. The van der Waals surface area contributed by atoms with E-state index in [0.717, 1.165) is 0 Å². The van der Waals surface area contributed by atoms with Crippen LogP contribution in [0.5, 0.6) is 11.5 Å². The molecule has 0 aliphatic carbocycles. The molecule has 1 aromatic rings. The molecular formula is C20H28Cl2O12. The fraction of sp³-hybridized carbons (Fsp3) is 0.700. The topological polar surface area (TPSA) is 188 Å². The summed E-state index contributed by atoms with van der Waals surface area (Å²) in [7, 11) is 1.39. The van der Waals surface area contributed by atoms with E-state index in [0.29, 0.717) is 5.56 Å². The first-order valence-corrected chi connectivity index (χ1v) is 11.1. The number of aliphatic hydroxyl groups excluding tert-OH is 7. The van der Waals surface area contributed by atoms with E-state index in [1.807, 2.05) is 0 Å². The van der Waals surface area contributed by atoms with Gasteiger partial charge in [-0.3, -0.25) is 0 Å². The zero-order valence-corrected chi connectivity index (χ0v) is 19.7. The fourth-order valence-electron chi connectivity index (χ4n) is 3.62. The molecule has 34 heavy (non-hydrogen) atoms. The minimum atomic E-state index is -1.71. The molecule has 3 rings (SSSR count). The molecule has 1 aromatic carbocycles. The third-order valence-corrected chi connectivity index (χ3v) is 6.70. The van der Waals surface area contributed by atoms with Crippen molar-refractivity contribution in [1.29, 1.82) is 0 Å². The number of aliphatic hydroxyl groups is 7. The highest BCUT2D eigenvalue weighted by atomic mass is 35.5. The molecule has 0 amide bonds. The van der Waals surface area contributed by atoms with E-state index in [1.54, 1.807) is 6.92 Å². The molecule has 2 aliphatic rings. The number of benzene rings is 1. The van der Waals surface area contributed by atoms with E-state index in [4.69, 9.17) is 46.9 Å². The minimum Gasteiger partial charge on any atom is -0.495 e. The third-order valence-electron chi connectivity index (χ3n) is 5.76. The van der Waals surface area contributed by atoms with Crippen molar-refractivity contribution in [3.05, 3.63) is 21.7 Å². The number of hydrogen-bond acceptors (Lipinski definition) is 12. The smallest absolute Gasteiger partial charge is 0.229 e. The van der Waals surface area contributed by atoms with Crippen LogP contribution in [0.25, 0.3) is 0 Å². The lowest BCUT2D eigenvalue weighted by Gasteiger charge is -2.42. The van der Waals surface area contributed by atoms with Crippen molar-refractivity contribution in [3.8, 4) is 11.5 Å². The van der Waals surface area contributed by atoms with E-state index in [2.05, 4.69) is 0 Å². The standard InChI is InChI=1S/C20H28Cl2O12/c1-6-11(21)7(30-2)3-8(12(6)22)32-20-18(29)16(27)14(25)10(34-20)5-31-19-17(28)15(26)13(24)9(4-23)33-19/h3,9-10,13-20,23-29H,4-5H2,1-2H3. The predicted octanol–water partition coefficient (Wildman–Crippen LogP) is -1.69. The van der Waals surface area contributed by atoms with Crippen LogP contribution in [-0.4, -0.2) is 117 Å². The molecule has 7 N–H and O–H groups in total. The number of hydrogen-bond donors (Lipinski definition) is 7. The van der Waals surface area contributed by atoms with Crippen LogP contribution in [0.4, 0.5) is 0 Å². The Kier molecular flexibility index (Phi) is 9.23. The highest BCUT2D eigenvalue weighted by Gasteiger charge is 2.48. The van der Waals surface area contributed by atoms with Gasteiger partial charge in [0, 0.05) is 6.07 Å². The largest absolute Gasteiger partial charge is 0.495 e. The second kappa shape index (κ2) is 11.4. The Morgan fingerprint density at radius 3 is 1.91 bits per heavy atom. The average Bonchev–Trinajstić information content (AvgIpc) is 2.83. The zero-order valence-electron chi connectivity index (χ0n) is 18.2. The Labute approximate surface area is 204 Å². The lowest BCUT2D eigenvalue weighted by Crippen LogP contribution is -2.62. The summed E-state index contributed by atoms with van der Waals surface area (Å²) in [4.78, 5) is 0. The third kappa shape index (κ3) is 5.38. The van der Waals surface area contributed by atoms with Gasteiger partial charge in [-0.05, 0) is 12.5 Å². The summed E-state index contributed by atoms with van der Waals surface area (Å²) >= 11 is 12.4. The summed E-state index contributed by atoms with van der Waals surface area (Å²) in [5, 5.41) is 70.4. The molecule has 0 aromatic heterocycles. The van der Waals surface area contributed by atoms with Gasteiger partial charge in [-0.1, -0.05) is 23.2 Å². The van der Waals surface area contributed by atoms with Crippen molar-refractivity contribution in [3.63, 3.8) is 0 Å². The Bertz CT molecular complexity index is 842. The quantitative estimate of drug-likeness (QED) is 0.212. The molecule has 0 bridgehead atoms. The van der Waals surface area contributed by atoms with Crippen LogP contribution in [0.1, 0.15) is 5.56 Å². The molecule has 10 atom stereocenters. The molecule has 2 fully saturated rings. The summed E-state index contributed by atoms with van der Waals surface area (Å²) in [6.07, 6.45) is -15.4. The summed E-state index contributed by atoms with van der Waals surface area (Å²) in [6, 6.07) is 1.37. The zero-order chi connectivity index (χ0) is 25.3. The van der Waals surface area contributed by atoms with Crippen molar-refractivity contribution in [2.75, 3.05) is 20.3 Å². The van der Waals surface area contributed by atoms with Crippen LogP contribution in [0.3, 0.4) is 0 Å². The maximum Gasteiger partial charge on any atom is 0.229 e. The first-order valence-electron chi connectivity index (χ1n) is 10.3. The first kappa shape index (κ1) is 27.6. The summed E-state index contributed by atoms with van der Waals surface area (Å²) in [5.74, 6) is 0.272. The molecule has 0 radical (unpaired) electrons. The molecule has 2 aliphatic heterocycles. The van der Waals surface area contributed by atoms with Gasteiger partial charge in [-0.2, -0.15) is 0 Å². The van der Waals surface area contributed by atoms with Gasteiger partial charge in [-0.25, -0.2) is 0 Å². The Balaban J connectivity index is 1.73. The lowest BCUT2D eigenvalue weighted by molar-refractivity contribution is -0.323. The maximum atomic E-state index is 10.4. The van der Waals surface area contributed by atoms with Gasteiger partial charge in [0.25, 0.3) is 0 Å². The summed E-state index contributed by atoms with van der Waals surface area (Å²) < 4.78 is 27.0. The number of methoxy groups -OCH3 is 1. The molecular weight excluding hydrogens is 503 g/mol. The minimum absolute atomic E-state index is 0.0293. The van der Waals surface area contributed by atoms with Crippen LogP contribution in [0.15, 0.2) is 6.07 Å². The first-order chi connectivity index (χ1) is 16.0. The molecule has 2 saturated heterocycles. The van der Waals surface area contributed by atoms with Gasteiger partial charge in [0.15, 0.2) is 6.29 Å². The monoisotopic (exact) mass is 530 g/mol. The maximum absolute atomic E-state index is 10.4. The number of rotatable bonds is 7. The number of halogens is 2. The van der Waals surface area contributed by atoms with E-state index in [1.165, 1.54) is 13.2 Å². The van der Waals surface area contributed by atoms with Gasteiger partial charge in [0.1, 0.15) is 60.3 Å². The van der Waals surface area contributed by atoms with Crippen LogP contribution in [-0.2, 0) is 14.2 Å². The highest BCUT2D eigenvalue weighted by Crippen LogP contribution is 2.41. The van der Waals surface area contributed by atoms with Crippen molar-refractivity contribution < 1.29 is 59.4 Å². The van der Waals surface area contributed by atoms with Gasteiger partial charge in [-0.15, -0.1) is 0 Å². The average molecular weight is 531 g/mol. The van der Waals surface area contributed by atoms with E-state index in [-0.39, 0.29) is 21.5 Å². The molecule has 12 nitrogen and oxygen atoms in total. The van der Waals surface area contributed by atoms with Crippen molar-refractivity contribution in [2.45, 2.75) is 68.3 Å². The predicted molar refractivity (Wildman–Crippen MR) is 115 cm³/mol. The molecule has 14 heteroatoms. The van der Waals surface area contributed by atoms with E-state index >= 15 is 0 Å². The van der Waals surface area contributed by atoms with Crippen molar-refractivity contribution in [1.82, 2.24) is 0 Å². The van der Waals surface area contributed by atoms with Gasteiger partial charge >= 0.3 is 0 Å². The number of ether oxygens (including phenoxy) is 5. The summed E-state index contributed by atoms with van der Waals surface area (Å²) in [5.41, 5.74) is 0.436. The lowest BCUT2D eigenvalue weighted by atomic mass is 9.98. The van der Waals surface area contributed by atoms with Crippen LogP contribution < -0.4 is 9.47 Å². The van der Waals surface area contributed by atoms with Crippen molar-refractivity contribution in [2.24, 2.45) is 0 Å². The van der Waals surface area contributed by atoms with E-state index < -0.39 is 74.6 Å². The van der Waals surface area contributed by atoms with E-state index in [9.17, 15) is 35.7 Å². The van der Waals surface area contributed by atoms with Crippen molar-refractivity contribution >= 4 is 23.2 Å². The Morgan fingerprint density at radius 1 is 0.794 bits per heavy atom. The fourth-order valence-corrected chi connectivity index (χ4v) is 4.09. The van der Waals surface area contributed by atoms with Crippen LogP contribution in [0.2, 0.25) is 10.0 Å². The molecule has 0 saturated carbocycles. The van der Waals surface area contributed by atoms with Gasteiger partial charge < -0.3 is 59.4 Å². The second-order valence-corrected chi connectivity index (χ2v) is 8.75. The summed E-state index contributed by atoms with van der Waals surface area (Å²) in [6.45, 7) is 0.469. The van der Waals surface area contributed by atoms with Gasteiger partial charge in [0.05, 0.1) is 30.4 Å². The highest BCUT2D eigenvalue weighted by molar-refractivity contribution is 6.37. The molecule has 0 spiro atoms. The molecule has 10 unspecified atom stereocenters. The normalized spacial score (nSPS) is 38.6.